The highest BCUT2D eigenvalue weighted by Crippen LogP contribution is 2.47. The van der Waals surface area contributed by atoms with E-state index in [9.17, 15) is 0 Å². The van der Waals surface area contributed by atoms with Gasteiger partial charge in [0, 0.05) is 43.9 Å². The van der Waals surface area contributed by atoms with Gasteiger partial charge in [0.05, 0.1) is 21.3 Å². The first-order valence-electron chi connectivity index (χ1n) is 8.53. The van der Waals surface area contributed by atoms with Crippen LogP contribution in [0.5, 0.6) is 17.2 Å². The normalized spacial score (nSPS) is 20.7. The van der Waals surface area contributed by atoms with E-state index >= 15 is 0 Å². The molecule has 1 aliphatic carbocycles. The van der Waals surface area contributed by atoms with Crippen LogP contribution in [0.4, 0.5) is 0 Å². The molecule has 1 saturated heterocycles. The maximum Gasteiger partial charge on any atom is 0.164 e. The van der Waals surface area contributed by atoms with Crippen LogP contribution < -0.4 is 19.5 Å². The molecule has 2 aliphatic rings. The molecule has 5 nitrogen and oxygen atoms in total. The van der Waals surface area contributed by atoms with Gasteiger partial charge >= 0.3 is 0 Å². The molecule has 1 aromatic carbocycles. The van der Waals surface area contributed by atoms with E-state index in [0.717, 1.165) is 43.4 Å². The standard InChI is InChI=1S/C18H28N2O3/c1-21-15-12-17(23-3)16(22-2)11-14(15)18(13-5-4-6-13)20-9-7-19-8-10-20/h11-13,18-19H,4-10H2,1-3H3/t18-/m0/s1. The van der Waals surface area contributed by atoms with Crippen molar-refractivity contribution in [1.29, 1.82) is 0 Å². The van der Waals surface area contributed by atoms with Crippen LogP contribution in [-0.2, 0) is 0 Å². The molecule has 1 heterocycles. The molecule has 1 saturated carbocycles. The van der Waals surface area contributed by atoms with Crippen molar-refractivity contribution in [3.8, 4) is 17.2 Å². The van der Waals surface area contributed by atoms with Crippen LogP contribution in [-0.4, -0.2) is 52.4 Å². The molecule has 1 aromatic rings. The van der Waals surface area contributed by atoms with Crippen LogP contribution in [0.2, 0.25) is 0 Å². The monoisotopic (exact) mass is 320 g/mol. The molecule has 0 amide bonds. The van der Waals surface area contributed by atoms with Gasteiger partial charge in [-0.2, -0.15) is 0 Å². The summed E-state index contributed by atoms with van der Waals surface area (Å²) in [6, 6.07) is 4.48. The summed E-state index contributed by atoms with van der Waals surface area (Å²) in [5.41, 5.74) is 1.23. The van der Waals surface area contributed by atoms with Gasteiger partial charge in [0.25, 0.3) is 0 Å². The van der Waals surface area contributed by atoms with Crippen molar-refractivity contribution in [3.05, 3.63) is 17.7 Å². The minimum atomic E-state index is 0.403. The number of hydrogen-bond acceptors (Lipinski definition) is 5. The molecule has 1 aliphatic heterocycles. The lowest BCUT2D eigenvalue weighted by atomic mass is 9.76. The number of methoxy groups -OCH3 is 3. The molecule has 2 fully saturated rings. The Bertz CT molecular complexity index is 525. The SMILES string of the molecule is COc1cc(OC)c([C@H](C2CCC2)N2CCNCC2)cc1OC. The first-order valence-corrected chi connectivity index (χ1v) is 8.53. The van der Waals surface area contributed by atoms with Crippen LogP contribution in [0.25, 0.3) is 0 Å². The summed E-state index contributed by atoms with van der Waals surface area (Å²) < 4.78 is 16.7. The third kappa shape index (κ3) is 3.26. The summed E-state index contributed by atoms with van der Waals surface area (Å²) in [5, 5.41) is 3.45. The minimum Gasteiger partial charge on any atom is -0.496 e. The van der Waals surface area contributed by atoms with Gasteiger partial charge < -0.3 is 19.5 Å². The predicted octanol–water partition coefficient (Wildman–Crippen LogP) is 2.46. The molecule has 0 spiro atoms. The van der Waals surface area contributed by atoms with Crippen LogP contribution in [0.15, 0.2) is 12.1 Å². The fraction of sp³-hybridized carbons (Fsp3) is 0.667. The van der Waals surface area contributed by atoms with Crippen LogP contribution in [0.1, 0.15) is 30.9 Å². The fourth-order valence-electron chi connectivity index (χ4n) is 3.75. The van der Waals surface area contributed by atoms with E-state index in [1.165, 1.54) is 24.8 Å². The molecule has 0 aromatic heterocycles. The summed E-state index contributed by atoms with van der Waals surface area (Å²) in [6.07, 6.45) is 3.93. The first-order chi connectivity index (χ1) is 11.3. The highest BCUT2D eigenvalue weighted by molar-refractivity contribution is 5.52. The molecule has 23 heavy (non-hydrogen) atoms. The van der Waals surface area contributed by atoms with Crippen molar-refractivity contribution in [3.63, 3.8) is 0 Å². The van der Waals surface area contributed by atoms with E-state index in [-0.39, 0.29) is 0 Å². The Morgan fingerprint density at radius 2 is 1.57 bits per heavy atom. The highest BCUT2D eigenvalue weighted by Gasteiger charge is 2.35. The maximum atomic E-state index is 5.70. The molecule has 5 heteroatoms. The molecule has 3 rings (SSSR count). The second-order valence-electron chi connectivity index (χ2n) is 6.37. The van der Waals surface area contributed by atoms with Crippen LogP contribution in [0.3, 0.4) is 0 Å². The number of piperazine rings is 1. The van der Waals surface area contributed by atoms with E-state index in [1.807, 2.05) is 6.07 Å². The Morgan fingerprint density at radius 1 is 0.957 bits per heavy atom. The van der Waals surface area contributed by atoms with Crippen molar-refractivity contribution < 1.29 is 14.2 Å². The third-order valence-electron chi connectivity index (χ3n) is 5.20. The number of nitrogens with one attached hydrogen (secondary N) is 1. The van der Waals surface area contributed by atoms with Gasteiger partial charge in [0.15, 0.2) is 11.5 Å². The topological polar surface area (TPSA) is 43.0 Å². The zero-order chi connectivity index (χ0) is 16.2. The summed E-state index contributed by atoms with van der Waals surface area (Å²) in [6.45, 7) is 4.27. The van der Waals surface area contributed by atoms with Crippen molar-refractivity contribution in [2.75, 3.05) is 47.5 Å². The number of benzene rings is 1. The average Bonchev–Trinajstić information content (AvgIpc) is 2.57. The van der Waals surface area contributed by atoms with Crippen LogP contribution in [0, 0.1) is 5.92 Å². The quantitative estimate of drug-likeness (QED) is 0.872. The molecular formula is C18H28N2O3. The molecule has 1 atom stereocenters. The van der Waals surface area contributed by atoms with Gasteiger partial charge in [0.1, 0.15) is 5.75 Å². The molecular weight excluding hydrogens is 292 g/mol. The predicted molar refractivity (Wildman–Crippen MR) is 90.6 cm³/mol. The second kappa shape index (κ2) is 7.41. The Hall–Kier alpha value is -1.46. The van der Waals surface area contributed by atoms with Crippen molar-refractivity contribution in [2.45, 2.75) is 25.3 Å². The molecule has 128 valence electrons. The lowest BCUT2D eigenvalue weighted by Gasteiger charge is -2.43. The van der Waals surface area contributed by atoms with E-state index < -0.39 is 0 Å². The zero-order valence-electron chi connectivity index (χ0n) is 14.4. The maximum absolute atomic E-state index is 5.70. The van der Waals surface area contributed by atoms with E-state index in [2.05, 4.69) is 16.3 Å². The Kier molecular flexibility index (Phi) is 5.28. The summed E-state index contributed by atoms with van der Waals surface area (Å²) in [4.78, 5) is 2.60. The van der Waals surface area contributed by atoms with Gasteiger partial charge in [-0.25, -0.2) is 0 Å². The number of nitrogens with zero attached hydrogens (tertiary/aromatic N) is 1. The lowest BCUT2D eigenvalue weighted by Crippen LogP contribution is -2.47. The zero-order valence-corrected chi connectivity index (χ0v) is 14.4. The van der Waals surface area contributed by atoms with E-state index in [1.54, 1.807) is 21.3 Å². The van der Waals surface area contributed by atoms with E-state index in [4.69, 9.17) is 14.2 Å². The van der Waals surface area contributed by atoms with Crippen molar-refractivity contribution in [2.24, 2.45) is 5.92 Å². The van der Waals surface area contributed by atoms with Gasteiger partial charge in [-0.15, -0.1) is 0 Å². The van der Waals surface area contributed by atoms with Gasteiger partial charge in [-0.05, 0) is 24.8 Å². The summed E-state index contributed by atoms with van der Waals surface area (Å²) in [5.74, 6) is 3.11. The minimum absolute atomic E-state index is 0.403. The van der Waals surface area contributed by atoms with Crippen LogP contribution >= 0.6 is 0 Å². The van der Waals surface area contributed by atoms with Crippen molar-refractivity contribution >= 4 is 0 Å². The average molecular weight is 320 g/mol. The van der Waals surface area contributed by atoms with E-state index in [0.29, 0.717) is 12.0 Å². The number of rotatable bonds is 6. The molecule has 0 bridgehead atoms. The highest BCUT2D eigenvalue weighted by atomic mass is 16.5. The number of ether oxygens (including phenoxy) is 3. The fourth-order valence-corrected chi connectivity index (χ4v) is 3.75. The summed E-state index contributed by atoms with van der Waals surface area (Å²) in [7, 11) is 5.09. The molecule has 1 N–H and O–H groups in total. The van der Waals surface area contributed by atoms with Gasteiger partial charge in [0.2, 0.25) is 0 Å². The second-order valence-corrected chi connectivity index (χ2v) is 6.37. The smallest absolute Gasteiger partial charge is 0.164 e. The Balaban J connectivity index is 1.99. The Morgan fingerprint density at radius 3 is 2.09 bits per heavy atom. The van der Waals surface area contributed by atoms with Gasteiger partial charge in [-0.3, -0.25) is 4.90 Å². The van der Waals surface area contributed by atoms with Gasteiger partial charge in [-0.1, -0.05) is 6.42 Å². The third-order valence-corrected chi connectivity index (χ3v) is 5.20. The molecule has 0 radical (unpaired) electrons. The van der Waals surface area contributed by atoms with Crippen molar-refractivity contribution in [1.82, 2.24) is 10.2 Å². The Labute approximate surface area is 138 Å². The molecule has 0 unspecified atom stereocenters. The summed E-state index contributed by atoms with van der Waals surface area (Å²) >= 11 is 0. The lowest BCUT2D eigenvalue weighted by molar-refractivity contribution is 0.0816. The largest absolute Gasteiger partial charge is 0.496 e. The first kappa shape index (κ1) is 16.4. The number of hydrogen-bond donors (Lipinski definition) is 1.